The molecule has 1 saturated carbocycles. The molecular formula is C19H30N2O3. The first-order valence-corrected chi connectivity index (χ1v) is 8.94. The molecule has 1 aliphatic rings. The third-order valence-electron chi connectivity index (χ3n) is 5.01. The summed E-state index contributed by atoms with van der Waals surface area (Å²) in [5.74, 6) is 0.213. The van der Waals surface area contributed by atoms with Crippen LogP contribution in [0.25, 0.3) is 0 Å². The monoisotopic (exact) mass is 334 g/mol. The van der Waals surface area contributed by atoms with Crippen LogP contribution < -0.4 is 5.73 Å². The molecule has 1 aromatic rings. The lowest BCUT2D eigenvalue weighted by Gasteiger charge is -2.30. The maximum Gasteiger partial charge on any atom is 0.337 e. The van der Waals surface area contributed by atoms with Crippen LogP contribution in [0.3, 0.4) is 0 Å². The van der Waals surface area contributed by atoms with Gasteiger partial charge in [0.05, 0.1) is 0 Å². The smallest absolute Gasteiger partial charge is 0.337 e. The number of rotatable bonds is 9. The molecule has 0 amide bonds. The van der Waals surface area contributed by atoms with Gasteiger partial charge in [0.25, 0.3) is 0 Å². The molecule has 134 valence electrons. The number of nitrogens with zero attached hydrogens (tertiary/aromatic N) is 1. The highest BCUT2D eigenvalue weighted by molar-refractivity contribution is 5.78. The summed E-state index contributed by atoms with van der Waals surface area (Å²) in [6, 6.07) is 3.11. The summed E-state index contributed by atoms with van der Waals surface area (Å²) in [5.41, 5.74) is 5.83. The lowest BCUT2D eigenvalue weighted by molar-refractivity contribution is -0.161. The van der Waals surface area contributed by atoms with Crippen molar-refractivity contribution in [1.29, 1.82) is 0 Å². The Labute approximate surface area is 144 Å². The minimum atomic E-state index is -1.98. The van der Waals surface area contributed by atoms with E-state index >= 15 is 0 Å². The summed E-state index contributed by atoms with van der Waals surface area (Å²) in [6.07, 6.45) is 5.69. The maximum atomic E-state index is 11.7. The zero-order chi connectivity index (χ0) is 17.9. The number of hydrogen-bond donors (Lipinski definition) is 3. The van der Waals surface area contributed by atoms with Crippen molar-refractivity contribution < 1.29 is 15.0 Å². The summed E-state index contributed by atoms with van der Waals surface area (Å²) >= 11 is 0. The van der Waals surface area contributed by atoms with Crippen molar-refractivity contribution in [3.05, 3.63) is 29.6 Å². The molecule has 4 atom stereocenters. The molecule has 1 fully saturated rings. The second kappa shape index (κ2) is 7.62. The van der Waals surface area contributed by atoms with E-state index in [2.05, 4.69) is 11.9 Å². The highest BCUT2D eigenvalue weighted by Crippen LogP contribution is 2.50. The van der Waals surface area contributed by atoms with Crippen molar-refractivity contribution in [3.63, 3.8) is 0 Å². The molecule has 24 heavy (non-hydrogen) atoms. The molecule has 0 aliphatic heterocycles. The molecule has 2 unspecified atom stereocenters. The number of carboxylic acid groups (broad SMARTS) is 1. The first-order chi connectivity index (χ1) is 11.3. The lowest BCUT2D eigenvalue weighted by atomic mass is 9.84. The van der Waals surface area contributed by atoms with Crippen LogP contribution in [0.15, 0.2) is 18.3 Å². The average Bonchev–Trinajstić information content (AvgIpc) is 3.26. The molecule has 1 heterocycles. The van der Waals surface area contributed by atoms with Crippen molar-refractivity contribution in [2.45, 2.75) is 70.4 Å². The molecule has 4 N–H and O–H groups in total. The van der Waals surface area contributed by atoms with Crippen molar-refractivity contribution in [1.82, 2.24) is 4.98 Å². The Morgan fingerprint density at radius 2 is 2.21 bits per heavy atom. The van der Waals surface area contributed by atoms with E-state index in [1.165, 1.54) is 24.8 Å². The zero-order valence-corrected chi connectivity index (χ0v) is 14.9. The van der Waals surface area contributed by atoms with E-state index in [4.69, 9.17) is 5.73 Å². The lowest BCUT2D eigenvalue weighted by Crippen LogP contribution is -2.56. The van der Waals surface area contributed by atoms with Gasteiger partial charge in [-0.15, -0.1) is 0 Å². The van der Waals surface area contributed by atoms with Crippen molar-refractivity contribution >= 4 is 5.97 Å². The van der Waals surface area contributed by atoms with E-state index in [0.29, 0.717) is 18.0 Å². The molecular weight excluding hydrogens is 304 g/mol. The molecule has 0 radical (unpaired) electrons. The third kappa shape index (κ3) is 4.33. The zero-order valence-electron chi connectivity index (χ0n) is 14.9. The van der Waals surface area contributed by atoms with Gasteiger partial charge in [-0.25, -0.2) is 4.79 Å². The number of aliphatic carboxylic acids is 1. The van der Waals surface area contributed by atoms with E-state index in [0.717, 1.165) is 5.92 Å². The molecule has 1 aliphatic carbocycles. The van der Waals surface area contributed by atoms with Crippen LogP contribution >= 0.6 is 0 Å². The Morgan fingerprint density at radius 1 is 1.50 bits per heavy atom. The van der Waals surface area contributed by atoms with Crippen molar-refractivity contribution in [2.24, 2.45) is 17.6 Å². The molecule has 0 spiro atoms. The summed E-state index contributed by atoms with van der Waals surface area (Å²) < 4.78 is 0. The van der Waals surface area contributed by atoms with Crippen LogP contribution in [0.4, 0.5) is 0 Å². The number of aromatic nitrogens is 1. The van der Waals surface area contributed by atoms with E-state index in [-0.39, 0.29) is 12.3 Å². The molecule has 5 nitrogen and oxygen atoms in total. The van der Waals surface area contributed by atoms with Gasteiger partial charge in [-0.05, 0) is 48.3 Å². The number of hydrogen-bond acceptors (Lipinski definition) is 4. The van der Waals surface area contributed by atoms with Crippen LogP contribution in [0.5, 0.6) is 0 Å². The number of nitrogens with two attached hydrogens (primary N) is 1. The number of pyridine rings is 1. The predicted octanol–water partition coefficient (Wildman–Crippen LogP) is 2.72. The van der Waals surface area contributed by atoms with Gasteiger partial charge in [0.15, 0.2) is 5.60 Å². The van der Waals surface area contributed by atoms with Crippen molar-refractivity contribution in [3.8, 4) is 0 Å². The van der Waals surface area contributed by atoms with Crippen molar-refractivity contribution in [2.75, 3.05) is 0 Å². The molecule has 0 bridgehead atoms. The Morgan fingerprint density at radius 3 is 2.79 bits per heavy atom. The second-order valence-electron chi connectivity index (χ2n) is 7.61. The van der Waals surface area contributed by atoms with Crippen LogP contribution in [-0.4, -0.2) is 32.8 Å². The maximum absolute atomic E-state index is 11.7. The largest absolute Gasteiger partial charge is 0.479 e. The normalized spacial score (nSPS) is 23.8. The highest BCUT2D eigenvalue weighted by atomic mass is 16.4. The number of carbonyl (C=O) groups is 1. The van der Waals surface area contributed by atoms with E-state index in [1.54, 1.807) is 6.20 Å². The Balaban J connectivity index is 2.14. The van der Waals surface area contributed by atoms with E-state index in [1.807, 2.05) is 26.0 Å². The first kappa shape index (κ1) is 18.9. The summed E-state index contributed by atoms with van der Waals surface area (Å²) in [6.45, 7) is 6.11. The minimum Gasteiger partial charge on any atom is -0.479 e. The molecule has 0 aromatic carbocycles. The third-order valence-corrected chi connectivity index (χ3v) is 5.01. The van der Waals surface area contributed by atoms with Gasteiger partial charge < -0.3 is 15.9 Å². The number of carboxylic acids is 1. The quantitative estimate of drug-likeness (QED) is 0.645. The standard InChI is InChI=1S/C19H30N2O3/c1-4-5-13-10-16(13)14-6-7-21-15(9-14)11-19(24,18(22)23)17(20)8-12(2)3/h6-7,9,12-13,16-17,24H,4-5,8,10-11,20H2,1-3H3,(H,22,23)/t13?,16?,17-,19+/m0/s1. The average molecular weight is 334 g/mol. The highest BCUT2D eigenvalue weighted by Gasteiger charge is 2.43. The van der Waals surface area contributed by atoms with Gasteiger partial charge in [-0.1, -0.05) is 33.6 Å². The molecule has 5 heteroatoms. The second-order valence-corrected chi connectivity index (χ2v) is 7.61. The van der Waals surface area contributed by atoms with Crippen LogP contribution in [0.1, 0.15) is 63.6 Å². The molecule has 0 saturated heterocycles. The fourth-order valence-corrected chi connectivity index (χ4v) is 3.51. The Bertz CT molecular complexity index is 575. The van der Waals surface area contributed by atoms with Crippen LogP contribution in [-0.2, 0) is 11.2 Å². The van der Waals surface area contributed by atoms with Gasteiger partial charge in [-0.3, -0.25) is 4.98 Å². The fourth-order valence-electron chi connectivity index (χ4n) is 3.51. The molecule has 2 rings (SSSR count). The van der Waals surface area contributed by atoms with E-state index in [9.17, 15) is 15.0 Å². The van der Waals surface area contributed by atoms with Gasteiger partial charge >= 0.3 is 5.97 Å². The topological polar surface area (TPSA) is 96.4 Å². The van der Waals surface area contributed by atoms with E-state index < -0.39 is 17.6 Å². The minimum absolute atomic E-state index is 0.0603. The Kier molecular flexibility index (Phi) is 5.99. The predicted molar refractivity (Wildman–Crippen MR) is 93.7 cm³/mol. The summed E-state index contributed by atoms with van der Waals surface area (Å²) in [4.78, 5) is 15.9. The SMILES string of the molecule is CCCC1CC1c1ccnc(C[C@](O)(C(=O)O)[C@@H](N)CC(C)C)c1. The summed E-state index contributed by atoms with van der Waals surface area (Å²) in [5, 5.41) is 20.2. The van der Waals surface area contributed by atoms with Gasteiger partial charge in [-0.2, -0.15) is 0 Å². The fraction of sp³-hybridized carbons (Fsp3) is 0.684. The molecule has 1 aromatic heterocycles. The Hall–Kier alpha value is -1.46. The van der Waals surface area contributed by atoms with Gasteiger partial charge in [0, 0.05) is 24.4 Å². The van der Waals surface area contributed by atoms with Crippen LogP contribution in [0, 0.1) is 11.8 Å². The van der Waals surface area contributed by atoms with Crippen LogP contribution in [0.2, 0.25) is 0 Å². The number of aliphatic hydroxyl groups is 1. The first-order valence-electron chi connectivity index (χ1n) is 8.94. The summed E-state index contributed by atoms with van der Waals surface area (Å²) in [7, 11) is 0. The van der Waals surface area contributed by atoms with Gasteiger partial charge in [0.2, 0.25) is 0 Å². The van der Waals surface area contributed by atoms with Gasteiger partial charge in [0.1, 0.15) is 0 Å².